The molecule has 0 aromatic heterocycles. The van der Waals surface area contributed by atoms with Gasteiger partial charge in [-0.15, -0.1) is 6.42 Å². The molecule has 0 atom stereocenters. The van der Waals surface area contributed by atoms with Crippen LogP contribution >= 0.6 is 0 Å². The van der Waals surface area contributed by atoms with Crippen LogP contribution in [0.5, 0.6) is 0 Å². The third kappa shape index (κ3) is 2.95. The molecule has 0 aromatic carbocycles. The molecular formula is C13H16. The lowest BCUT2D eigenvalue weighted by Crippen LogP contribution is -1.90. The van der Waals surface area contributed by atoms with Crippen molar-refractivity contribution in [1.29, 1.82) is 0 Å². The molecule has 1 aliphatic rings. The molecule has 68 valence electrons. The average Bonchev–Trinajstić information content (AvgIpc) is 2.19. The van der Waals surface area contributed by atoms with E-state index in [1.165, 1.54) is 12.0 Å². The molecule has 0 aromatic rings. The first-order valence-electron chi connectivity index (χ1n) is 4.91. The van der Waals surface area contributed by atoms with Crippen molar-refractivity contribution in [3.05, 3.63) is 35.5 Å². The molecule has 1 rings (SSSR count). The summed E-state index contributed by atoms with van der Waals surface area (Å²) in [6.45, 7) is 2.18. The second-order valence-corrected chi connectivity index (χ2v) is 3.21. The van der Waals surface area contributed by atoms with E-state index in [0.29, 0.717) is 0 Å². The maximum Gasteiger partial charge on any atom is 0.00928 e. The van der Waals surface area contributed by atoms with Crippen LogP contribution in [0.3, 0.4) is 0 Å². The first-order valence-corrected chi connectivity index (χ1v) is 4.91. The van der Waals surface area contributed by atoms with E-state index >= 15 is 0 Å². The number of allylic oxidation sites excluding steroid dienone is 6. The zero-order valence-corrected chi connectivity index (χ0v) is 8.22. The molecule has 0 saturated heterocycles. The van der Waals surface area contributed by atoms with Crippen molar-refractivity contribution in [2.45, 2.75) is 32.6 Å². The largest absolute Gasteiger partial charge is 0.115 e. The van der Waals surface area contributed by atoms with E-state index in [1.807, 2.05) is 0 Å². The Bertz CT molecular complexity index is 282. The van der Waals surface area contributed by atoms with Crippen LogP contribution in [0.2, 0.25) is 0 Å². The minimum Gasteiger partial charge on any atom is -0.115 e. The van der Waals surface area contributed by atoms with E-state index in [1.54, 1.807) is 0 Å². The van der Waals surface area contributed by atoms with E-state index in [9.17, 15) is 0 Å². The summed E-state index contributed by atoms with van der Waals surface area (Å²) in [7, 11) is 0. The maximum absolute atomic E-state index is 5.42. The number of hydrogen-bond acceptors (Lipinski definition) is 0. The van der Waals surface area contributed by atoms with Crippen LogP contribution in [0.4, 0.5) is 0 Å². The zero-order chi connectivity index (χ0) is 9.52. The van der Waals surface area contributed by atoms with Crippen LogP contribution in [-0.4, -0.2) is 0 Å². The second-order valence-electron chi connectivity index (χ2n) is 3.21. The van der Waals surface area contributed by atoms with Crippen molar-refractivity contribution in [3.8, 4) is 12.3 Å². The van der Waals surface area contributed by atoms with Crippen LogP contribution in [-0.2, 0) is 0 Å². The number of terminal acetylenes is 1. The lowest BCUT2D eigenvalue weighted by atomic mass is 9.97. The molecule has 0 unspecified atom stereocenters. The molecular weight excluding hydrogens is 156 g/mol. The molecule has 0 fully saturated rings. The van der Waals surface area contributed by atoms with Gasteiger partial charge in [0.1, 0.15) is 0 Å². The Morgan fingerprint density at radius 2 is 2.46 bits per heavy atom. The normalized spacial score (nSPS) is 16.6. The highest BCUT2D eigenvalue weighted by Crippen LogP contribution is 2.19. The highest BCUT2D eigenvalue weighted by molar-refractivity contribution is 5.45. The van der Waals surface area contributed by atoms with Gasteiger partial charge < -0.3 is 0 Å². The van der Waals surface area contributed by atoms with Crippen LogP contribution in [0, 0.1) is 12.3 Å². The van der Waals surface area contributed by atoms with Gasteiger partial charge >= 0.3 is 0 Å². The predicted molar refractivity (Wildman–Crippen MR) is 58.3 cm³/mol. The first-order chi connectivity index (χ1) is 6.38. The monoisotopic (exact) mass is 172 g/mol. The predicted octanol–water partition coefficient (Wildman–Crippen LogP) is 3.62. The zero-order valence-electron chi connectivity index (χ0n) is 8.22. The third-order valence-corrected chi connectivity index (χ3v) is 2.13. The summed E-state index contributed by atoms with van der Waals surface area (Å²) in [6, 6.07) is 0. The summed E-state index contributed by atoms with van der Waals surface area (Å²) in [4.78, 5) is 0. The van der Waals surface area contributed by atoms with Gasteiger partial charge in [-0.3, -0.25) is 0 Å². The van der Waals surface area contributed by atoms with Gasteiger partial charge in [-0.1, -0.05) is 43.6 Å². The van der Waals surface area contributed by atoms with E-state index < -0.39 is 0 Å². The van der Waals surface area contributed by atoms with Gasteiger partial charge in [-0.25, -0.2) is 0 Å². The van der Waals surface area contributed by atoms with Crippen molar-refractivity contribution < 1.29 is 0 Å². The number of unbranched alkanes of at least 4 members (excludes halogenated alkanes) is 1. The summed E-state index contributed by atoms with van der Waals surface area (Å²) in [6.07, 6.45) is 18.5. The Morgan fingerprint density at radius 3 is 3.15 bits per heavy atom. The molecule has 0 aliphatic heterocycles. The van der Waals surface area contributed by atoms with Gasteiger partial charge in [-0.05, 0) is 24.8 Å². The lowest BCUT2D eigenvalue weighted by molar-refractivity contribution is 0.954. The van der Waals surface area contributed by atoms with Crippen molar-refractivity contribution >= 4 is 0 Å². The molecule has 13 heavy (non-hydrogen) atoms. The molecule has 0 nitrogen and oxygen atoms in total. The molecule has 0 N–H and O–H groups in total. The van der Waals surface area contributed by atoms with Gasteiger partial charge in [0, 0.05) is 5.57 Å². The fraction of sp³-hybridized carbons (Fsp3) is 0.385. The van der Waals surface area contributed by atoms with Crippen molar-refractivity contribution in [3.63, 3.8) is 0 Å². The summed E-state index contributed by atoms with van der Waals surface area (Å²) in [5, 5.41) is 0. The van der Waals surface area contributed by atoms with Gasteiger partial charge in [0.25, 0.3) is 0 Å². The number of hydrogen-bond donors (Lipinski definition) is 0. The quantitative estimate of drug-likeness (QED) is 0.570. The van der Waals surface area contributed by atoms with E-state index in [0.717, 1.165) is 24.8 Å². The molecule has 1 aliphatic carbocycles. The minimum absolute atomic E-state index is 1.03. The molecule has 0 amide bonds. The van der Waals surface area contributed by atoms with Crippen molar-refractivity contribution in [1.82, 2.24) is 0 Å². The van der Waals surface area contributed by atoms with E-state index in [4.69, 9.17) is 6.42 Å². The lowest BCUT2D eigenvalue weighted by Gasteiger charge is -2.07. The third-order valence-electron chi connectivity index (χ3n) is 2.13. The molecule has 0 radical (unpaired) electrons. The first kappa shape index (κ1) is 9.86. The molecule has 0 saturated carbocycles. The Labute approximate surface area is 81.0 Å². The van der Waals surface area contributed by atoms with Crippen molar-refractivity contribution in [2.24, 2.45) is 0 Å². The van der Waals surface area contributed by atoms with Crippen LogP contribution in [0.15, 0.2) is 35.5 Å². The smallest absolute Gasteiger partial charge is 0.00928 e. The Morgan fingerprint density at radius 1 is 1.62 bits per heavy atom. The summed E-state index contributed by atoms with van der Waals surface area (Å²) < 4.78 is 0. The summed E-state index contributed by atoms with van der Waals surface area (Å²) in [5.74, 6) is 2.76. The van der Waals surface area contributed by atoms with Crippen LogP contribution < -0.4 is 0 Å². The summed E-state index contributed by atoms with van der Waals surface area (Å²) in [5.41, 5.74) is 2.37. The maximum atomic E-state index is 5.42. The fourth-order valence-electron chi connectivity index (χ4n) is 1.37. The van der Waals surface area contributed by atoms with Crippen molar-refractivity contribution in [2.75, 3.05) is 0 Å². The standard InChI is InChI=1S/C13H16/c1-3-5-6-10-13-11-8-7-9-12(13)4-2/h2,6,8,10-11H,3,5,7,9H2,1H3/b10-6+. The van der Waals surface area contributed by atoms with Gasteiger partial charge in [0.05, 0.1) is 0 Å². The Balaban J connectivity index is 2.70. The SMILES string of the molecule is C#CC1=C(/C=C/CCC)C=CCC1. The Hall–Kier alpha value is -1.22. The topological polar surface area (TPSA) is 0 Å². The average molecular weight is 172 g/mol. The molecule has 0 heteroatoms. The Kier molecular flexibility index (Phi) is 4.12. The number of rotatable bonds is 3. The summed E-state index contributed by atoms with van der Waals surface area (Å²) >= 11 is 0. The van der Waals surface area contributed by atoms with Crippen LogP contribution in [0.25, 0.3) is 0 Å². The molecule has 0 spiro atoms. The van der Waals surface area contributed by atoms with E-state index in [-0.39, 0.29) is 0 Å². The molecule has 0 bridgehead atoms. The van der Waals surface area contributed by atoms with Crippen LogP contribution in [0.1, 0.15) is 32.6 Å². The minimum atomic E-state index is 1.03. The van der Waals surface area contributed by atoms with E-state index in [2.05, 4.69) is 37.1 Å². The highest BCUT2D eigenvalue weighted by atomic mass is 14.1. The highest BCUT2D eigenvalue weighted by Gasteiger charge is 2.02. The van der Waals surface area contributed by atoms with Gasteiger partial charge in [-0.2, -0.15) is 0 Å². The fourth-order valence-corrected chi connectivity index (χ4v) is 1.37. The van der Waals surface area contributed by atoms with Gasteiger partial charge in [0.2, 0.25) is 0 Å². The van der Waals surface area contributed by atoms with Gasteiger partial charge in [0.15, 0.2) is 0 Å². The molecule has 0 heterocycles. The second kappa shape index (κ2) is 5.43.